The van der Waals surface area contributed by atoms with Gasteiger partial charge in [0.05, 0.1) is 29.6 Å². The smallest absolute Gasteiger partial charge is 0.343 e. The lowest BCUT2D eigenvalue weighted by Gasteiger charge is -2.10. The SMILES string of the molecule is COc1cc(/C=N/NC(=O)C(=O)Nc2ccccc2Cl)ccc1OC(=O)c1ccc(C)cc1. The number of benzene rings is 3. The first-order chi connectivity index (χ1) is 15.9. The molecule has 8 nitrogen and oxygen atoms in total. The van der Waals surface area contributed by atoms with Crippen molar-refractivity contribution in [1.29, 1.82) is 0 Å². The van der Waals surface area contributed by atoms with Crippen LogP contribution in [0.4, 0.5) is 5.69 Å². The number of carbonyl (C=O) groups is 3. The summed E-state index contributed by atoms with van der Waals surface area (Å²) in [7, 11) is 1.43. The summed E-state index contributed by atoms with van der Waals surface area (Å²) in [5.74, 6) is -1.89. The molecule has 0 unspecified atom stereocenters. The second kappa shape index (κ2) is 10.9. The van der Waals surface area contributed by atoms with E-state index in [2.05, 4.69) is 15.8 Å². The Hall–Kier alpha value is -4.17. The van der Waals surface area contributed by atoms with Crippen LogP contribution in [0.25, 0.3) is 0 Å². The first-order valence-corrected chi connectivity index (χ1v) is 10.1. The summed E-state index contributed by atoms with van der Waals surface area (Å²) in [5, 5.41) is 6.46. The Bertz CT molecular complexity index is 1210. The first-order valence-electron chi connectivity index (χ1n) is 9.73. The normalized spacial score (nSPS) is 10.5. The van der Waals surface area contributed by atoms with Crippen LogP contribution in [-0.2, 0) is 9.59 Å². The average molecular weight is 466 g/mol. The quantitative estimate of drug-likeness (QED) is 0.188. The summed E-state index contributed by atoms with van der Waals surface area (Å²) < 4.78 is 10.7. The van der Waals surface area contributed by atoms with E-state index >= 15 is 0 Å². The fourth-order valence-corrected chi connectivity index (χ4v) is 2.84. The van der Waals surface area contributed by atoms with E-state index in [9.17, 15) is 14.4 Å². The number of carbonyl (C=O) groups excluding carboxylic acids is 3. The zero-order valence-electron chi connectivity index (χ0n) is 17.8. The van der Waals surface area contributed by atoms with Crippen LogP contribution in [0.15, 0.2) is 71.8 Å². The molecule has 0 aromatic heterocycles. The molecule has 2 N–H and O–H groups in total. The second-order valence-electron chi connectivity index (χ2n) is 6.80. The third-order valence-corrected chi connectivity index (χ3v) is 4.72. The zero-order chi connectivity index (χ0) is 23.8. The van der Waals surface area contributed by atoms with Crippen molar-refractivity contribution in [2.24, 2.45) is 5.10 Å². The Labute approximate surface area is 195 Å². The van der Waals surface area contributed by atoms with Gasteiger partial charge in [0.1, 0.15) is 0 Å². The molecule has 0 aliphatic rings. The standard InChI is InChI=1S/C24H20ClN3O5/c1-15-7-10-17(11-8-15)24(31)33-20-12-9-16(13-21(20)32-2)14-26-28-23(30)22(29)27-19-6-4-3-5-18(19)25/h3-14H,1-2H3,(H,27,29)(H,28,30)/b26-14+. The van der Waals surface area contributed by atoms with E-state index in [4.69, 9.17) is 21.1 Å². The summed E-state index contributed by atoms with van der Waals surface area (Å²) in [6.07, 6.45) is 1.31. The molecule has 3 aromatic rings. The van der Waals surface area contributed by atoms with Crippen molar-refractivity contribution in [2.45, 2.75) is 6.92 Å². The largest absolute Gasteiger partial charge is 0.493 e. The molecular formula is C24H20ClN3O5. The maximum absolute atomic E-state index is 12.3. The highest BCUT2D eigenvalue weighted by atomic mass is 35.5. The number of hydrogen-bond donors (Lipinski definition) is 2. The van der Waals surface area contributed by atoms with Crippen LogP contribution in [0.3, 0.4) is 0 Å². The van der Waals surface area contributed by atoms with Crippen LogP contribution >= 0.6 is 11.6 Å². The van der Waals surface area contributed by atoms with Crippen LogP contribution in [0.2, 0.25) is 5.02 Å². The van der Waals surface area contributed by atoms with Gasteiger partial charge in [-0.3, -0.25) is 9.59 Å². The van der Waals surface area contributed by atoms with Crippen LogP contribution < -0.4 is 20.2 Å². The van der Waals surface area contributed by atoms with Crippen LogP contribution in [0, 0.1) is 6.92 Å². The van der Waals surface area contributed by atoms with E-state index in [1.807, 2.05) is 19.1 Å². The highest BCUT2D eigenvalue weighted by Gasteiger charge is 2.15. The molecule has 0 atom stereocenters. The maximum atomic E-state index is 12.3. The number of nitrogens with zero attached hydrogens (tertiary/aromatic N) is 1. The van der Waals surface area contributed by atoms with Gasteiger partial charge < -0.3 is 14.8 Å². The van der Waals surface area contributed by atoms with Crippen LogP contribution in [0.5, 0.6) is 11.5 Å². The van der Waals surface area contributed by atoms with Crippen LogP contribution in [-0.4, -0.2) is 31.1 Å². The predicted molar refractivity (Wildman–Crippen MR) is 125 cm³/mol. The topological polar surface area (TPSA) is 106 Å². The van der Waals surface area contributed by atoms with E-state index in [0.717, 1.165) is 5.56 Å². The molecular weight excluding hydrogens is 446 g/mol. The minimum atomic E-state index is -0.971. The van der Waals surface area contributed by atoms with E-state index in [1.165, 1.54) is 19.4 Å². The Morgan fingerprint density at radius 1 is 0.939 bits per heavy atom. The van der Waals surface area contributed by atoms with Gasteiger partial charge in [-0.25, -0.2) is 10.2 Å². The van der Waals surface area contributed by atoms with Gasteiger partial charge in [0.2, 0.25) is 0 Å². The Kier molecular flexibility index (Phi) is 7.77. The minimum Gasteiger partial charge on any atom is -0.493 e. The molecule has 0 fully saturated rings. The maximum Gasteiger partial charge on any atom is 0.343 e. The van der Waals surface area contributed by atoms with Crippen molar-refractivity contribution in [3.63, 3.8) is 0 Å². The Balaban J connectivity index is 1.61. The number of para-hydroxylation sites is 1. The summed E-state index contributed by atoms with van der Waals surface area (Å²) in [5.41, 5.74) is 4.41. The Morgan fingerprint density at radius 2 is 1.67 bits per heavy atom. The van der Waals surface area contributed by atoms with Gasteiger partial charge in [-0.15, -0.1) is 0 Å². The monoisotopic (exact) mass is 465 g/mol. The van der Waals surface area contributed by atoms with Gasteiger partial charge in [0, 0.05) is 0 Å². The van der Waals surface area contributed by atoms with Crippen molar-refractivity contribution in [2.75, 3.05) is 12.4 Å². The van der Waals surface area contributed by atoms with Gasteiger partial charge in [-0.1, -0.05) is 41.4 Å². The molecule has 0 saturated carbocycles. The molecule has 0 radical (unpaired) electrons. The summed E-state index contributed by atoms with van der Waals surface area (Å²) in [6, 6.07) is 18.2. The molecule has 0 heterocycles. The minimum absolute atomic E-state index is 0.225. The number of hydrazone groups is 1. The first kappa shape index (κ1) is 23.5. The van der Waals surface area contributed by atoms with Crippen LogP contribution in [0.1, 0.15) is 21.5 Å². The number of anilines is 1. The summed E-state index contributed by atoms with van der Waals surface area (Å²) in [6.45, 7) is 1.92. The number of ether oxygens (including phenoxy) is 2. The van der Waals surface area contributed by atoms with E-state index < -0.39 is 17.8 Å². The summed E-state index contributed by atoms with van der Waals surface area (Å²) >= 11 is 5.95. The number of halogens is 1. The van der Waals surface area contributed by atoms with E-state index in [0.29, 0.717) is 27.6 Å². The van der Waals surface area contributed by atoms with Crippen molar-refractivity contribution < 1.29 is 23.9 Å². The lowest BCUT2D eigenvalue weighted by atomic mass is 10.1. The lowest BCUT2D eigenvalue weighted by Crippen LogP contribution is -2.32. The molecule has 33 heavy (non-hydrogen) atoms. The molecule has 0 bridgehead atoms. The lowest BCUT2D eigenvalue weighted by molar-refractivity contribution is -0.136. The van der Waals surface area contributed by atoms with Crippen molar-refractivity contribution in [3.05, 3.63) is 88.4 Å². The third kappa shape index (κ3) is 6.41. The molecule has 3 rings (SSSR count). The zero-order valence-corrected chi connectivity index (χ0v) is 18.6. The van der Waals surface area contributed by atoms with E-state index in [-0.39, 0.29) is 5.75 Å². The van der Waals surface area contributed by atoms with Gasteiger partial charge in [0.25, 0.3) is 0 Å². The predicted octanol–water partition coefficient (Wildman–Crippen LogP) is 3.97. The van der Waals surface area contributed by atoms with Gasteiger partial charge in [-0.2, -0.15) is 5.10 Å². The number of amides is 2. The number of hydrogen-bond acceptors (Lipinski definition) is 6. The van der Waals surface area contributed by atoms with Gasteiger partial charge in [0.15, 0.2) is 11.5 Å². The molecule has 0 aliphatic carbocycles. The van der Waals surface area contributed by atoms with Gasteiger partial charge >= 0.3 is 17.8 Å². The number of nitrogens with one attached hydrogen (secondary N) is 2. The van der Waals surface area contributed by atoms with Crippen molar-refractivity contribution in [1.82, 2.24) is 5.43 Å². The van der Waals surface area contributed by atoms with Crippen molar-refractivity contribution >= 4 is 41.3 Å². The average Bonchev–Trinajstić information content (AvgIpc) is 2.81. The number of methoxy groups -OCH3 is 1. The second-order valence-corrected chi connectivity index (χ2v) is 7.21. The molecule has 168 valence electrons. The Morgan fingerprint density at radius 3 is 2.36 bits per heavy atom. The highest BCUT2D eigenvalue weighted by Crippen LogP contribution is 2.28. The van der Waals surface area contributed by atoms with Gasteiger partial charge in [-0.05, 0) is 55.0 Å². The molecule has 2 amide bonds. The fourth-order valence-electron chi connectivity index (χ4n) is 2.66. The fraction of sp³-hybridized carbons (Fsp3) is 0.0833. The molecule has 0 aliphatic heterocycles. The van der Waals surface area contributed by atoms with E-state index in [1.54, 1.807) is 48.5 Å². The van der Waals surface area contributed by atoms with Crippen molar-refractivity contribution in [3.8, 4) is 11.5 Å². The molecule has 3 aromatic carbocycles. The number of aryl methyl sites for hydroxylation is 1. The molecule has 9 heteroatoms. The molecule has 0 spiro atoms. The number of rotatable bonds is 6. The molecule has 0 saturated heterocycles. The summed E-state index contributed by atoms with van der Waals surface area (Å²) in [4.78, 5) is 36.3. The number of esters is 1. The highest BCUT2D eigenvalue weighted by molar-refractivity contribution is 6.41. The third-order valence-electron chi connectivity index (χ3n) is 4.39.